The summed E-state index contributed by atoms with van der Waals surface area (Å²) in [5.41, 5.74) is 0. The van der Waals surface area contributed by atoms with E-state index in [4.69, 9.17) is 0 Å². The van der Waals surface area contributed by atoms with Crippen LogP contribution in [0.15, 0.2) is 0 Å². The first-order valence-corrected chi connectivity index (χ1v) is 15.4. The molecule has 0 radical (unpaired) electrons. The van der Waals surface area contributed by atoms with E-state index in [2.05, 4.69) is 90.0 Å². The van der Waals surface area contributed by atoms with Crippen molar-refractivity contribution in [1.29, 1.82) is 0 Å². The molecule has 0 amide bonds. The van der Waals surface area contributed by atoms with E-state index in [0.717, 1.165) is 17.8 Å². The van der Waals surface area contributed by atoms with E-state index in [-0.39, 0.29) is 7.92 Å². The van der Waals surface area contributed by atoms with Gasteiger partial charge in [0, 0.05) is 14.7 Å². The summed E-state index contributed by atoms with van der Waals surface area (Å²) in [5, 5.41) is 0. The molecule has 0 saturated carbocycles. The largest absolute Gasteiger partial charge is 0.126 e. The van der Waals surface area contributed by atoms with Crippen LogP contribution in [0, 0.1) is 17.8 Å². The van der Waals surface area contributed by atoms with Gasteiger partial charge >= 0.3 is 0 Å². The number of rotatable bonds is 15. The Bertz CT molecular complexity index is 355. The third kappa shape index (κ3) is 5.74. The van der Waals surface area contributed by atoms with Crippen molar-refractivity contribution in [3.8, 4) is 0 Å². The summed E-state index contributed by atoms with van der Waals surface area (Å²) in [7, 11) is 10.3. The monoisotopic (exact) mass is 466 g/mol. The topological polar surface area (TPSA) is 0 Å². The average molecular weight is 467 g/mol. The molecule has 0 rings (SSSR count). The highest BCUT2D eigenvalue weighted by molar-refractivity contribution is 7.78. The highest BCUT2D eigenvalue weighted by Gasteiger charge is 2.57. The first-order valence-electron chi connectivity index (χ1n) is 12.3. The zero-order valence-electron chi connectivity index (χ0n) is 20.8. The van der Waals surface area contributed by atoms with Gasteiger partial charge in [0.25, 0.3) is 0 Å². The Kier molecular flexibility index (Phi) is 14.1. The molecule has 0 heterocycles. The van der Waals surface area contributed by atoms with E-state index in [1.54, 1.807) is 0 Å². The second-order valence-electron chi connectivity index (χ2n) is 8.91. The van der Waals surface area contributed by atoms with Crippen molar-refractivity contribution in [1.82, 2.24) is 0 Å². The van der Waals surface area contributed by atoms with Gasteiger partial charge in [-0.05, 0) is 37.0 Å². The Morgan fingerprint density at radius 3 is 0.750 bits per heavy atom. The highest BCUT2D eigenvalue weighted by Crippen LogP contribution is 2.82. The van der Waals surface area contributed by atoms with E-state index >= 15 is 0 Å². The lowest BCUT2D eigenvalue weighted by Gasteiger charge is -2.62. The van der Waals surface area contributed by atoms with Gasteiger partial charge in [-0.1, -0.05) is 109 Å². The zero-order chi connectivity index (χ0) is 22.2. The van der Waals surface area contributed by atoms with Crippen LogP contribution in [-0.4, -0.2) is 14.7 Å². The molecule has 6 unspecified atom stereocenters. The van der Waals surface area contributed by atoms with E-state index in [9.17, 15) is 0 Å². The Balaban J connectivity index is 7.01. The molecule has 0 nitrogen and oxygen atoms in total. The van der Waals surface area contributed by atoms with Gasteiger partial charge in [0.15, 0.2) is 0 Å². The second kappa shape index (κ2) is 13.3. The van der Waals surface area contributed by atoms with Gasteiger partial charge in [-0.25, -0.2) is 0 Å². The summed E-state index contributed by atoms with van der Waals surface area (Å²) in [6, 6.07) is 0. The van der Waals surface area contributed by atoms with Crippen LogP contribution < -0.4 is 0 Å². The standard InChI is InChI=1S/C24H54P4/c1-10-19(11-2)22(25,16-7)28(23(26,17-8)20(12-3)13-4)24(27,18-9)21(14-5)15-6/h19-21H,10-18,25-27H2,1-9H3. The van der Waals surface area contributed by atoms with E-state index in [1.165, 1.54) is 57.8 Å². The zero-order valence-corrected chi connectivity index (χ0v) is 25.1. The first kappa shape index (κ1) is 29.7. The van der Waals surface area contributed by atoms with Gasteiger partial charge in [0.2, 0.25) is 0 Å². The third-order valence-corrected chi connectivity index (χ3v) is 17.5. The minimum Gasteiger partial charge on any atom is -0.126 e. The molecule has 0 spiro atoms. The van der Waals surface area contributed by atoms with Crippen molar-refractivity contribution in [3.05, 3.63) is 0 Å². The van der Waals surface area contributed by atoms with Gasteiger partial charge < -0.3 is 0 Å². The summed E-state index contributed by atoms with van der Waals surface area (Å²) in [6.07, 6.45) is 11.6. The highest BCUT2D eigenvalue weighted by atomic mass is 31.2. The van der Waals surface area contributed by atoms with Gasteiger partial charge in [0.1, 0.15) is 0 Å². The lowest BCUT2D eigenvalue weighted by molar-refractivity contribution is 0.368. The van der Waals surface area contributed by atoms with Crippen molar-refractivity contribution in [2.24, 2.45) is 17.8 Å². The van der Waals surface area contributed by atoms with Crippen LogP contribution in [0.1, 0.15) is 120 Å². The Labute approximate surface area is 188 Å². The summed E-state index contributed by atoms with van der Waals surface area (Å²) in [5.74, 6) is 2.36. The summed E-state index contributed by atoms with van der Waals surface area (Å²) in [4.78, 5) is 1.04. The fourth-order valence-electron chi connectivity index (χ4n) is 6.04. The van der Waals surface area contributed by atoms with Crippen molar-refractivity contribution in [2.75, 3.05) is 0 Å². The fraction of sp³-hybridized carbons (Fsp3) is 1.00. The Hall–Kier alpha value is 1.72. The predicted octanol–water partition coefficient (Wildman–Crippen LogP) is 9.72. The van der Waals surface area contributed by atoms with E-state index in [0.29, 0.717) is 14.7 Å². The molecule has 0 aliphatic carbocycles. The van der Waals surface area contributed by atoms with Crippen molar-refractivity contribution < 1.29 is 0 Å². The second-order valence-corrected chi connectivity index (χ2v) is 16.6. The summed E-state index contributed by atoms with van der Waals surface area (Å²) in [6.45, 7) is 22.0. The van der Waals surface area contributed by atoms with Crippen LogP contribution >= 0.6 is 35.6 Å². The smallest absolute Gasteiger partial charge is 0.00908 e. The molecule has 6 atom stereocenters. The van der Waals surface area contributed by atoms with Gasteiger partial charge in [-0.15, -0.1) is 27.7 Å². The number of hydrogen-bond donors (Lipinski definition) is 0. The predicted molar refractivity (Wildman–Crippen MR) is 147 cm³/mol. The quantitative estimate of drug-likeness (QED) is 0.211. The Morgan fingerprint density at radius 2 is 0.643 bits per heavy atom. The molecule has 0 aromatic rings. The van der Waals surface area contributed by atoms with Crippen LogP contribution in [0.4, 0.5) is 0 Å². The van der Waals surface area contributed by atoms with Crippen molar-refractivity contribution in [2.45, 2.75) is 135 Å². The maximum Gasteiger partial charge on any atom is 0.00908 e. The van der Waals surface area contributed by atoms with Crippen LogP contribution in [-0.2, 0) is 0 Å². The fourth-order valence-corrected chi connectivity index (χ4v) is 18.6. The maximum absolute atomic E-state index is 3.52. The van der Waals surface area contributed by atoms with Crippen LogP contribution in [0.5, 0.6) is 0 Å². The molecule has 0 aromatic carbocycles. The number of hydrogen-bond acceptors (Lipinski definition) is 0. The SMILES string of the molecule is CCC(CC)C(P)(CC)P(C(P)(CC)C(CC)CC)C(P)(CC)C(CC)CC. The van der Waals surface area contributed by atoms with E-state index < -0.39 is 0 Å². The molecular formula is C24H54P4. The summed E-state index contributed by atoms with van der Waals surface area (Å²) < 4.78 is 0. The molecule has 0 aliphatic heterocycles. The molecule has 0 N–H and O–H groups in total. The minimum atomic E-state index is -0.262. The first-order chi connectivity index (χ1) is 13.1. The molecule has 0 aliphatic rings. The molecule has 4 heteroatoms. The molecule has 0 fully saturated rings. The molecule has 170 valence electrons. The van der Waals surface area contributed by atoms with Crippen molar-refractivity contribution >= 4 is 35.6 Å². The normalized spacial score (nSPS) is 20.2. The van der Waals surface area contributed by atoms with Crippen LogP contribution in [0.2, 0.25) is 0 Å². The van der Waals surface area contributed by atoms with Gasteiger partial charge in [0.05, 0.1) is 0 Å². The summed E-state index contributed by atoms with van der Waals surface area (Å²) >= 11 is 0. The van der Waals surface area contributed by atoms with Crippen LogP contribution in [0.3, 0.4) is 0 Å². The average Bonchev–Trinajstić information content (AvgIpc) is 2.70. The lowest BCUT2D eigenvalue weighted by Crippen LogP contribution is -2.48. The molecule has 0 aromatic heterocycles. The lowest BCUT2D eigenvalue weighted by atomic mass is 9.95. The van der Waals surface area contributed by atoms with E-state index in [1.807, 2.05) is 0 Å². The molecule has 0 saturated heterocycles. The van der Waals surface area contributed by atoms with Crippen LogP contribution in [0.25, 0.3) is 0 Å². The van der Waals surface area contributed by atoms with Gasteiger partial charge in [-0.2, -0.15) is 0 Å². The third-order valence-electron chi connectivity index (χ3n) is 8.03. The molecular weight excluding hydrogens is 412 g/mol. The Morgan fingerprint density at radius 1 is 0.464 bits per heavy atom. The minimum absolute atomic E-state index is 0.262. The maximum atomic E-state index is 3.52. The molecule has 28 heavy (non-hydrogen) atoms. The molecule has 0 bridgehead atoms. The van der Waals surface area contributed by atoms with Gasteiger partial charge in [-0.3, -0.25) is 0 Å². The van der Waals surface area contributed by atoms with Crippen molar-refractivity contribution in [3.63, 3.8) is 0 Å².